The van der Waals surface area contributed by atoms with Gasteiger partial charge in [0.05, 0.1) is 35.5 Å². The number of carbonyl (C=O) groups is 1. The fraction of sp³-hybridized carbons (Fsp3) is 0.500. The third-order valence-electron chi connectivity index (χ3n) is 3.61. The molecule has 0 radical (unpaired) electrons. The van der Waals surface area contributed by atoms with Gasteiger partial charge in [0.15, 0.2) is 0 Å². The van der Waals surface area contributed by atoms with E-state index in [2.05, 4.69) is 10.6 Å². The van der Waals surface area contributed by atoms with Crippen LogP contribution in [0.15, 0.2) is 12.1 Å². The van der Waals surface area contributed by atoms with E-state index in [1.54, 1.807) is 13.2 Å². The summed E-state index contributed by atoms with van der Waals surface area (Å²) in [5.41, 5.74) is 6.46. The highest BCUT2D eigenvalue weighted by molar-refractivity contribution is 6.33. The predicted octanol–water partition coefficient (Wildman–Crippen LogP) is 1.04. The Balaban J connectivity index is 2.18. The molecule has 0 unspecified atom stereocenters. The van der Waals surface area contributed by atoms with Crippen molar-refractivity contribution in [2.45, 2.75) is 18.6 Å². The van der Waals surface area contributed by atoms with Crippen molar-refractivity contribution in [3.8, 4) is 5.75 Å². The Morgan fingerprint density at radius 2 is 2.24 bits per heavy atom. The van der Waals surface area contributed by atoms with Crippen molar-refractivity contribution >= 4 is 23.2 Å². The number of benzene rings is 1. The lowest BCUT2D eigenvalue weighted by Crippen LogP contribution is -2.53. The van der Waals surface area contributed by atoms with Gasteiger partial charge >= 0.3 is 0 Å². The second-order valence-corrected chi connectivity index (χ2v) is 5.33. The Hall–Kier alpha value is -1.50. The van der Waals surface area contributed by atoms with Crippen LogP contribution in [0.25, 0.3) is 0 Å². The topological polar surface area (TPSA) is 85.6 Å². The molecule has 0 saturated carbocycles. The van der Waals surface area contributed by atoms with Crippen molar-refractivity contribution < 1.29 is 14.3 Å². The fourth-order valence-corrected chi connectivity index (χ4v) is 2.57. The lowest BCUT2D eigenvalue weighted by molar-refractivity contribution is 0.0476. The number of rotatable bonds is 4. The highest BCUT2D eigenvalue weighted by Crippen LogP contribution is 2.29. The minimum atomic E-state index is -0.247. The molecule has 21 heavy (non-hydrogen) atoms. The van der Waals surface area contributed by atoms with Crippen LogP contribution in [0.4, 0.5) is 5.69 Å². The molecule has 1 aliphatic rings. The molecule has 1 saturated heterocycles. The number of carbonyl (C=O) groups excluding carboxylic acids is 1. The Kier molecular flexibility index (Phi) is 5.27. The quantitative estimate of drug-likeness (QED) is 0.723. The molecule has 0 spiro atoms. The molecular formula is C14H20ClN3O3. The van der Waals surface area contributed by atoms with Gasteiger partial charge in [-0.15, -0.1) is 0 Å². The third-order valence-corrected chi connectivity index (χ3v) is 3.94. The average molecular weight is 314 g/mol. The maximum atomic E-state index is 12.5. The largest absolute Gasteiger partial charge is 0.496 e. The van der Waals surface area contributed by atoms with Gasteiger partial charge in [-0.1, -0.05) is 11.6 Å². The zero-order chi connectivity index (χ0) is 15.4. The van der Waals surface area contributed by atoms with E-state index in [0.29, 0.717) is 28.6 Å². The molecule has 1 aromatic rings. The normalized spacial score (nSPS) is 21.9. The zero-order valence-corrected chi connectivity index (χ0v) is 12.9. The number of nitrogen functional groups attached to an aromatic ring is 1. The minimum absolute atomic E-state index is 0.0511. The average Bonchev–Trinajstić information content (AvgIpc) is 2.50. The maximum absolute atomic E-state index is 12.5. The van der Waals surface area contributed by atoms with Gasteiger partial charge in [-0.25, -0.2) is 0 Å². The van der Waals surface area contributed by atoms with E-state index in [-0.39, 0.29) is 18.1 Å². The number of halogens is 1. The fourth-order valence-electron chi connectivity index (χ4n) is 2.40. The number of amides is 1. The van der Waals surface area contributed by atoms with Crippen LogP contribution in [-0.2, 0) is 4.74 Å². The second kappa shape index (κ2) is 6.98. The Morgan fingerprint density at radius 1 is 1.48 bits per heavy atom. The number of hydrogen-bond donors (Lipinski definition) is 3. The summed E-state index contributed by atoms with van der Waals surface area (Å²) in [4.78, 5) is 12.5. The number of piperidine rings is 1. The van der Waals surface area contributed by atoms with E-state index in [1.165, 1.54) is 13.2 Å². The molecule has 1 amide bonds. The number of methoxy groups -OCH3 is 2. The first-order valence-corrected chi connectivity index (χ1v) is 7.12. The smallest absolute Gasteiger partial charge is 0.255 e. The van der Waals surface area contributed by atoms with Crippen molar-refractivity contribution in [2.75, 3.05) is 33.0 Å². The predicted molar refractivity (Wildman–Crippen MR) is 82.0 cm³/mol. The number of nitrogens with two attached hydrogens (primary N) is 1. The molecule has 2 atom stereocenters. The summed E-state index contributed by atoms with van der Waals surface area (Å²) >= 11 is 5.99. The number of anilines is 1. The van der Waals surface area contributed by atoms with Crippen molar-refractivity contribution in [1.82, 2.24) is 10.6 Å². The van der Waals surface area contributed by atoms with Crippen LogP contribution in [0.5, 0.6) is 5.75 Å². The highest BCUT2D eigenvalue weighted by Gasteiger charge is 2.27. The first kappa shape index (κ1) is 15.9. The summed E-state index contributed by atoms with van der Waals surface area (Å²) in [6, 6.07) is 3.02. The molecule has 0 aromatic heterocycles. The SMILES string of the molecule is COc1cc(N)c(Cl)cc1C(=O)N[C@H]1CCNC[C@H]1OC. The van der Waals surface area contributed by atoms with E-state index in [1.807, 2.05) is 0 Å². The molecule has 6 nitrogen and oxygen atoms in total. The maximum Gasteiger partial charge on any atom is 0.255 e. The summed E-state index contributed by atoms with van der Waals surface area (Å²) < 4.78 is 10.6. The molecule has 1 aliphatic heterocycles. The van der Waals surface area contributed by atoms with Gasteiger partial charge in [0, 0.05) is 19.7 Å². The van der Waals surface area contributed by atoms with E-state index in [9.17, 15) is 4.79 Å². The monoisotopic (exact) mass is 313 g/mol. The molecule has 1 aromatic carbocycles. The summed E-state index contributed by atoms with van der Waals surface area (Å²) in [6.45, 7) is 1.55. The van der Waals surface area contributed by atoms with Gasteiger partial charge in [0.25, 0.3) is 5.91 Å². The van der Waals surface area contributed by atoms with Crippen LogP contribution < -0.4 is 21.1 Å². The van der Waals surface area contributed by atoms with E-state index in [4.69, 9.17) is 26.8 Å². The Bertz CT molecular complexity index is 524. The van der Waals surface area contributed by atoms with Crippen LogP contribution in [0, 0.1) is 0 Å². The van der Waals surface area contributed by atoms with Crippen LogP contribution in [0.2, 0.25) is 5.02 Å². The van der Waals surface area contributed by atoms with Crippen molar-refractivity contribution in [1.29, 1.82) is 0 Å². The second-order valence-electron chi connectivity index (χ2n) is 4.92. The lowest BCUT2D eigenvalue weighted by atomic mass is 10.0. The Labute approximate surface area is 128 Å². The summed E-state index contributed by atoms with van der Waals surface area (Å²) in [7, 11) is 3.12. The van der Waals surface area contributed by atoms with Crippen LogP contribution in [0.3, 0.4) is 0 Å². The van der Waals surface area contributed by atoms with Gasteiger partial charge in [-0.05, 0) is 19.0 Å². The summed E-state index contributed by atoms with van der Waals surface area (Å²) in [5.74, 6) is 0.153. The lowest BCUT2D eigenvalue weighted by Gasteiger charge is -2.31. The van der Waals surface area contributed by atoms with Gasteiger partial charge in [0.1, 0.15) is 5.75 Å². The minimum Gasteiger partial charge on any atom is -0.496 e. The van der Waals surface area contributed by atoms with Crippen LogP contribution >= 0.6 is 11.6 Å². The third kappa shape index (κ3) is 3.58. The first-order chi connectivity index (χ1) is 10.1. The standard InChI is InChI=1S/C14H20ClN3O3/c1-20-12-6-10(16)9(15)5-8(12)14(19)18-11-3-4-17-7-13(11)21-2/h5-6,11,13,17H,3-4,7,16H2,1-2H3,(H,18,19)/t11-,13+/m0/s1. The van der Waals surface area contributed by atoms with Crippen molar-refractivity contribution in [3.05, 3.63) is 22.7 Å². The van der Waals surface area contributed by atoms with Crippen molar-refractivity contribution in [3.63, 3.8) is 0 Å². The first-order valence-electron chi connectivity index (χ1n) is 6.74. The molecule has 7 heteroatoms. The highest BCUT2D eigenvalue weighted by atomic mass is 35.5. The molecule has 4 N–H and O–H groups in total. The van der Waals surface area contributed by atoms with E-state index < -0.39 is 0 Å². The summed E-state index contributed by atoms with van der Waals surface area (Å²) in [6.07, 6.45) is 0.743. The Morgan fingerprint density at radius 3 is 2.90 bits per heavy atom. The molecule has 116 valence electrons. The van der Waals surface area contributed by atoms with Crippen LogP contribution in [0.1, 0.15) is 16.8 Å². The number of hydrogen-bond acceptors (Lipinski definition) is 5. The van der Waals surface area contributed by atoms with Gasteiger partial charge in [-0.3, -0.25) is 4.79 Å². The van der Waals surface area contributed by atoms with Crippen molar-refractivity contribution in [2.24, 2.45) is 0 Å². The molecule has 0 aliphatic carbocycles. The summed E-state index contributed by atoms with van der Waals surface area (Å²) in [5, 5.41) is 6.53. The van der Waals surface area contributed by atoms with Crippen LogP contribution in [-0.4, -0.2) is 45.4 Å². The zero-order valence-electron chi connectivity index (χ0n) is 12.1. The van der Waals surface area contributed by atoms with Gasteiger partial charge < -0.3 is 25.8 Å². The molecule has 1 heterocycles. The number of nitrogens with one attached hydrogen (secondary N) is 2. The van der Waals surface area contributed by atoms with E-state index in [0.717, 1.165) is 13.0 Å². The molecule has 2 rings (SSSR count). The number of ether oxygens (including phenoxy) is 2. The van der Waals surface area contributed by atoms with Gasteiger partial charge in [-0.2, -0.15) is 0 Å². The van der Waals surface area contributed by atoms with Gasteiger partial charge in [0.2, 0.25) is 0 Å². The molecule has 1 fully saturated rings. The molecular weight excluding hydrogens is 294 g/mol. The van der Waals surface area contributed by atoms with E-state index >= 15 is 0 Å². The molecule has 0 bridgehead atoms.